The molecule has 0 aliphatic carbocycles. The largest absolute Gasteiger partial charge is 0.383 e. The molecule has 2 N–H and O–H groups in total. The van der Waals surface area contributed by atoms with Gasteiger partial charge in [0.25, 0.3) is 5.91 Å². The molecule has 0 spiro atoms. The average molecular weight is 275 g/mol. The molecule has 2 aliphatic rings. The van der Waals surface area contributed by atoms with Crippen molar-refractivity contribution < 1.29 is 9.53 Å². The van der Waals surface area contributed by atoms with Crippen molar-refractivity contribution in [2.24, 2.45) is 0 Å². The van der Waals surface area contributed by atoms with Crippen LogP contribution < -0.4 is 15.5 Å². The van der Waals surface area contributed by atoms with Crippen molar-refractivity contribution in [3.63, 3.8) is 0 Å². The Morgan fingerprint density at radius 1 is 1.45 bits per heavy atom. The topological polar surface area (TPSA) is 53.6 Å². The fourth-order valence-electron chi connectivity index (χ4n) is 3.07. The van der Waals surface area contributed by atoms with E-state index in [0.29, 0.717) is 13.2 Å². The Kier molecular flexibility index (Phi) is 3.89. The fraction of sp³-hybridized carbons (Fsp3) is 0.533. The second-order valence-electron chi connectivity index (χ2n) is 5.26. The first-order chi connectivity index (χ1) is 9.81. The van der Waals surface area contributed by atoms with E-state index in [1.165, 1.54) is 16.8 Å². The van der Waals surface area contributed by atoms with Gasteiger partial charge in [0.2, 0.25) is 0 Å². The Hall–Kier alpha value is -1.59. The fourth-order valence-corrected chi connectivity index (χ4v) is 3.07. The van der Waals surface area contributed by atoms with Gasteiger partial charge >= 0.3 is 0 Å². The zero-order valence-corrected chi connectivity index (χ0v) is 11.9. The Morgan fingerprint density at radius 2 is 2.35 bits per heavy atom. The number of rotatable bonds is 4. The standard InChI is InChI=1S/C15H21N3O2/c1-20-9-6-17-15(19)13-3-2-11-10-16-5-8-18-7-4-12(13)14(11)18/h2-3,16H,4-10H2,1H3,(H,17,19). The lowest BCUT2D eigenvalue weighted by Gasteiger charge is -2.19. The Morgan fingerprint density at radius 3 is 3.20 bits per heavy atom. The van der Waals surface area contributed by atoms with Gasteiger partial charge in [0, 0.05) is 51.1 Å². The predicted molar refractivity (Wildman–Crippen MR) is 78.3 cm³/mol. The number of methoxy groups -OCH3 is 1. The minimum Gasteiger partial charge on any atom is -0.383 e. The highest BCUT2D eigenvalue weighted by Gasteiger charge is 2.28. The molecular formula is C15H21N3O2. The van der Waals surface area contributed by atoms with Gasteiger partial charge in [-0.05, 0) is 23.6 Å². The number of nitrogens with one attached hydrogen (secondary N) is 2. The number of amides is 1. The minimum absolute atomic E-state index is 0.0129. The van der Waals surface area contributed by atoms with Crippen LogP contribution in [0.25, 0.3) is 0 Å². The summed E-state index contributed by atoms with van der Waals surface area (Å²) in [6.45, 7) is 5.04. The normalized spacial score (nSPS) is 16.8. The molecule has 0 bridgehead atoms. The van der Waals surface area contributed by atoms with Crippen molar-refractivity contribution in [3.8, 4) is 0 Å². The first kappa shape index (κ1) is 13.4. The molecule has 2 aliphatic heterocycles. The highest BCUT2D eigenvalue weighted by atomic mass is 16.5. The van der Waals surface area contributed by atoms with Gasteiger partial charge in [-0.3, -0.25) is 4.79 Å². The highest BCUT2D eigenvalue weighted by molar-refractivity contribution is 5.98. The van der Waals surface area contributed by atoms with Crippen LogP contribution in [-0.2, 0) is 17.7 Å². The van der Waals surface area contributed by atoms with Crippen LogP contribution in [0.1, 0.15) is 21.5 Å². The van der Waals surface area contributed by atoms with Crippen molar-refractivity contribution in [2.75, 3.05) is 44.8 Å². The van der Waals surface area contributed by atoms with Crippen LogP contribution in [0.4, 0.5) is 5.69 Å². The third-order valence-corrected chi connectivity index (χ3v) is 4.02. The lowest BCUT2D eigenvalue weighted by atomic mass is 10.00. The number of carbonyl (C=O) groups is 1. The molecule has 0 aromatic heterocycles. The molecule has 5 nitrogen and oxygen atoms in total. The summed E-state index contributed by atoms with van der Waals surface area (Å²) in [5.41, 5.74) is 4.63. The first-order valence-electron chi connectivity index (χ1n) is 7.19. The maximum atomic E-state index is 12.3. The van der Waals surface area contributed by atoms with Crippen LogP contribution in [0.5, 0.6) is 0 Å². The number of hydrogen-bond donors (Lipinski definition) is 2. The Balaban J connectivity index is 1.87. The average Bonchev–Trinajstić information content (AvgIpc) is 2.76. The Labute approximate surface area is 119 Å². The van der Waals surface area contributed by atoms with Crippen LogP contribution in [0.15, 0.2) is 12.1 Å². The molecule has 1 amide bonds. The molecule has 3 rings (SSSR count). The lowest BCUT2D eigenvalue weighted by Crippen LogP contribution is -2.27. The summed E-state index contributed by atoms with van der Waals surface area (Å²) >= 11 is 0. The van der Waals surface area contributed by atoms with Gasteiger partial charge in [0.1, 0.15) is 0 Å². The molecule has 0 radical (unpaired) electrons. The van der Waals surface area contributed by atoms with E-state index in [9.17, 15) is 4.79 Å². The summed E-state index contributed by atoms with van der Waals surface area (Å²) in [6, 6.07) is 4.05. The SMILES string of the molecule is COCCNC(=O)c1ccc2c3c1CCN3CCNC2. The molecule has 0 unspecified atom stereocenters. The number of anilines is 1. The van der Waals surface area contributed by atoms with Gasteiger partial charge in [-0.1, -0.05) is 6.07 Å². The molecule has 0 atom stereocenters. The number of ether oxygens (including phenoxy) is 1. The number of hydrogen-bond acceptors (Lipinski definition) is 4. The van der Waals surface area contributed by atoms with E-state index in [1.54, 1.807) is 7.11 Å². The lowest BCUT2D eigenvalue weighted by molar-refractivity contribution is 0.0936. The van der Waals surface area contributed by atoms with Gasteiger partial charge < -0.3 is 20.3 Å². The molecule has 0 fully saturated rings. The smallest absolute Gasteiger partial charge is 0.251 e. The maximum Gasteiger partial charge on any atom is 0.251 e. The number of carbonyl (C=O) groups excluding carboxylic acids is 1. The molecule has 2 heterocycles. The second-order valence-corrected chi connectivity index (χ2v) is 5.26. The van der Waals surface area contributed by atoms with Crippen LogP contribution >= 0.6 is 0 Å². The van der Waals surface area contributed by atoms with Crippen molar-refractivity contribution in [2.45, 2.75) is 13.0 Å². The van der Waals surface area contributed by atoms with Crippen molar-refractivity contribution in [1.82, 2.24) is 10.6 Å². The molecule has 108 valence electrons. The number of benzene rings is 1. The van der Waals surface area contributed by atoms with Gasteiger partial charge in [-0.25, -0.2) is 0 Å². The summed E-state index contributed by atoms with van der Waals surface area (Å²) < 4.78 is 4.97. The molecule has 0 saturated heterocycles. The maximum absolute atomic E-state index is 12.3. The van der Waals surface area contributed by atoms with E-state index >= 15 is 0 Å². The van der Waals surface area contributed by atoms with E-state index in [-0.39, 0.29) is 5.91 Å². The van der Waals surface area contributed by atoms with Crippen LogP contribution in [-0.4, -0.2) is 45.8 Å². The van der Waals surface area contributed by atoms with E-state index in [2.05, 4.69) is 21.6 Å². The molecule has 1 aromatic carbocycles. The number of nitrogens with zero attached hydrogens (tertiary/aromatic N) is 1. The van der Waals surface area contributed by atoms with Gasteiger partial charge in [-0.2, -0.15) is 0 Å². The zero-order chi connectivity index (χ0) is 13.9. The minimum atomic E-state index is 0.0129. The summed E-state index contributed by atoms with van der Waals surface area (Å²) in [4.78, 5) is 14.7. The summed E-state index contributed by atoms with van der Waals surface area (Å²) in [7, 11) is 1.64. The van der Waals surface area contributed by atoms with Crippen molar-refractivity contribution in [1.29, 1.82) is 0 Å². The van der Waals surface area contributed by atoms with E-state index in [4.69, 9.17) is 4.74 Å². The Bertz CT molecular complexity index is 516. The molecule has 5 heteroatoms. The van der Waals surface area contributed by atoms with Gasteiger partial charge in [-0.15, -0.1) is 0 Å². The van der Waals surface area contributed by atoms with Crippen LogP contribution in [0.2, 0.25) is 0 Å². The molecule has 1 aromatic rings. The van der Waals surface area contributed by atoms with Crippen LogP contribution in [0.3, 0.4) is 0 Å². The summed E-state index contributed by atoms with van der Waals surface area (Å²) in [5.74, 6) is 0.0129. The molecule has 0 saturated carbocycles. The quantitative estimate of drug-likeness (QED) is 0.787. The van der Waals surface area contributed by atoms with Crippen molar-refractivity contribution in [3.05, 3.63) is 28.8 Å². The van der Waals surface area contributed by atoms with Crippen LogP contribution in [0, 0.1) is 0 Å². The predicted octanol–water partition coefficient (Wildman–Crippen LogP) is 0.528. The second kappa shape index (κ2) is 5.81. The van der Waals surface area contributed by atoms with Crippen molar-refractivity contribution >= 4 is 11.6 Å². The summed E-state index contributed by atoms with van der Waals surface area (Å²) in [5, 5.41) is 6.34. The monoisotopic (exact) mass is 275 g/mol. The first-order valence-corrected chi connectivity index (χ1v) is 7.19. The van der Waals surface area contributed by atoms with Gasteiger partial charge in [0.15, 0.2) is 0 Å². The highest BCUT2D eigenvalue weighted by Crippen LogP contribution is 2.35. The van der Waals surface area contributed by atoms with Gasteiger partial charge in [0.05, 0.1) is 6.61 Å². The third kappa shape index (κ3) is 2.39. The van der Waals surface area contributed by atoms with E-state index in [1.807, 2.05) is 6.07 Å². The molecular weight excluding hydrogens is 254 g/mol. The summed E-state index contributed by atoms with van der Waals surface area (Å²) in [6.07, 6.45) is 0.968. The zero-order valence-electron chi connectivity index (χ0n) is 11.9. The molecule has 20 heavy (non-hydrogen) atoms. The van der Waals surface area contributed by atoms with E-state index in [0.717, 1.165) is 38.2 Å². The third-order valence-electron chi connectivity index (χ3n) is 4.02. The van der Waals surface area contributed by atoms with E-state index < -0.39 is 0 Å².